The van der Waals surface area contributed by atoms with Gasteiger partial charge in [-0.25, -0.2) is 0 Å². The third kappa shape index (κ3) is 18.8. The van der Waals surface area contributed by atoms with Crippen molar-refractivity contribution in [3.63, 3.8) is 0 Å². The molecule has 0 radical (unpaired) electrons. The average Bonchev–Trinajstić information content (AvgIpc) is 4.08. The second-order valence-electron chi connectivity index (χ2n) is 21.8. The van der Waals surface area contributed by atoms with Crippen molar-refractivity contribution in [2.24, 2.45) is 23.7 Å². The molecule has 27 heteroatoms. The van der Waals surface area contributed by atoms with E-state index in [2.05, 4.69) is 46.3 Å². The van der Waals surface area contributed by atoms with E-state index in [-0.39, 0.29) is 89.2 Å². The Morgan fingerprint density at radius 3 is 1.90 bits per heavy atom. The number of aromatic nitrogens is 6. The van der Waals surface area contributed by atoms with Crippen molar-refractivity contribution in [1.82, 2.24) is 55.7 Å². The molecule has 0 spiro atoms. The van der Waals surface area contributed by atoms with E-state index < -0.39 is 67.9 Å². The van der Waals surface area contributed by atoms with Crippen molar-refractivity contribution < 1.29 is 57.7 Å². The van der Waals surface area contributed by atoms with Gasteiger partial charge in [0.15, 0.2) is 0 Å². The predicted molar refractivity (Wildman–Crippen MR) is 322 cm³/mol. The van der Waals surface area contributed by atoms with Gasteiger partial charge in [-0.3, -0.25) is 43.3 Å². The molecule has 0 bridgehead atoms. The quantitative estimate of drug-likeness (QED) is 0.0217. The van der Waals surface area contributed by atoms with Crippen LogP contribution in [-0.4, -0.2) is 184 Å². The standard InChI is InChI=1S/C57H83N12O12PS2/c1-13-35(6)50(44(80-11)30-47(72)69-27-17-20-43(69)52(81-12)36(7)55(74)60-37(8)51(73)38-18-15-14-16-19-38)68(10)57(76)48(33(2)3)62-56(75)49(34(4)5)67(9)46(71)26-29-84-83-28-25-45(70)61-39-21-23-41(58-31-39)53-63-65-54(66-64-53)42-24-22-40(32-59-42)82(77,78)79/h14-16,18-19,21-24,31-37,43-44,48-52,73H,13,17,20,25-30H2,1-12H3,(H,60,74)(H,61,70)(H,62,75)(H2,77,78,79)/t35-,36+,37+,43-,44+,48-,49-,50-,51+,52+/m0/s1. The topological polar surface area (TPSA) is 322 Å². The Hall–Kier alpha value is -5.99. The van der Waals surface area contributed by atoms with Gasteiger partial charge < -0.3 is 55.0 Å². The first-order valence-corrected chi connectivity index (χ1v) is 32.2. The largest absolute Gasteiger partial charge is 0.386 e. The lowest BCUT2D eigenvalue weighted by molar-refractivity contribution is -0.148. The van der Waals surface area contributed by atoms with Crippen LogP contribution in [-0.2, 0) is 42.8 Å². The number of likely N-dealkylation sites (N-methyl/N-ethyl adjacent to an activating group) is 2. The lowest BCUT2D eigenvalue weighted by Crippen LogP contribution is -2.60. The lowest BCUT2D eigenvalue weighted by Gasteiger charge is -2.41. The van der Waals surface area contributed by atoms with E-state index in [0.717, 1.165) is 6.20 Å². The lowest BCUT2D eigenvalue weighted by atomic mass is 9.89. The maximum atomic E-state index is 14.7. The summed E-state index contributed by atoms with van der Waals surface area (Å²) >= 11 is 0. The minimum absolute atomic E-state index is 0.0418. The first-order chi connectivity index (χ1) is 39.8. The number of methoxy groups -OCH3 is 2. The zero-order chi connectivity index (χ0) is 62.0. The SMILES string of the molecule is CC[C@H](C)[C@@H]([C@@H](CC(=O)N1CCC[C@H]1[C@H](OC)[C@@H](C)C(=O)N[C@H](C)[C@@H](O)c1ccccc1)OC)N(C)C(=O)[C@@H](NC(=O)[C@H](C(C)C)N(C)C(=O)CCSSCCC(=O)Nc1ccc(-c2nnc(-c3ccc(P(=O)(O)O)cn3)nn2)nc1)C(C)C. The summed E-state index contributed by atoms with van der Waals surface area (Å²) in [5, 5.41) is 35.5. The Kier molecular flexibility index (Phi) is 26.6. The van der Waals surface area contributed by atoms with Crippen molar-refractivity contribution in [2.45, 2.75) is 142 Å². The number of rotatable bonds is 31. The second-order valence-corrected chi connectivity index (χ2v) is 26.1. The summed E-state index contributed by atoms with van der Waals surface area (Å²) in [7, 11) is 4.70. The van der Waals surface area contributed by atoms with E-state index in [9.17, 15) is 48.2 Å². The number of aliphatic hydroxyl groups excluding tert-OH is 1. The minimum atomic E-state index is -4.46. The van der Waals surface area contributed by atoms with Crippen LogP contribution < -0.4 is 21.3 Å². The van der Waals surface area contributed by atoms with Gasteiger partial charge in [-0.2, -0.15) is 0 Å². The molecule has 1 aliphatic heterocycles. The van der Waals surface area contributed by atoms with Crippen LogP contribution in [0.15, 0.2) is 67.0 Å². The van der Waals surface area contributed by atoms with Crippen molar-refractivity contribution in [2.75, 3.05) is 51.7 Å². The number of amides is 6. The van der Waals surface area contributed by atoms with Gasteiger partial charge in [-0.1, -0.05) is 107 Å². The summed E-state index contributed by atoms with van der Waals surface area (Å²) in [5.74, 6) is -2.31. The molecule has 4 heterocycles. The molecule has 3 aromatic heterocycles. The maximum absolute atomic E-state index is 14.7. The fourth-order valence-electron chi connectivity index (χ4n) is 10.2. The third-order valence-electron chi connectivity index (χ3n) is 15.1. The van der Waals surface area contributed by atoms with Crippen LogP contribution in [0.25, 0.3) is 23.0 Å². The van der Waals surface area contributed by atoms with Gasteiger partial charge in [-0.15, -0.1) is 20.4 Å². The van der Waals surface area contributed by atoms with E-state index in [1.807, 2.05) is 59.7 Å². The van der Waals surface area contributed by atoms with Crippen LogP contribution in [0.4, 0.5) is 5.69 Å². The molecule has 1 fully saturated rings. The Morgan fingerprint density at radius 2 is 1.38 bits per heavy atom. The number of pyridine rings is 2. The van der Waals surface area contributed by atoms with Crippen molar-refractivity contribution in [3.8, 4) is 23.0 Å². The molecule has 0 unspecified atom stereocenters. The number of nitrogens with zero attached hydrogens (tertiary/aromatic N) is 9. The number of ether oxygens (including phenoxy) is 2. The Bertz CT molecular complexity index is 2840. The smallest absolute Gasteiger partial charge is 0.357 e. The van der Waals surface area contributed by atoms with Crippen LogP contribution in [0.2, 0.25) is 0 Å². The fraction of sp³-hybridized carbons (Fsp3) is 0.579. The predicted octanol–water partition coefficient (Wildman–Crippen LogP) is 5.08. The molecule has 1 saturated heterocycles. The summed E-state index contributed by atoms with van der Waals surface area (Å²) < 4.78 is 23.5. The zero-order valence-corrected chi connectivity index (χ0v) is 52.5. The molecule has 460 valence electrons. The monoisotopic (exact) mass is 1220 g/mol. The van der Waals surface area contributed by atoms with Gasteiger partial charge in [-0.05, 0) is 67.3 Å². The second kappa shape index (κ2) is 32.5. The van der Waals surface area contributed by atoms with Gasteiger partial charge in [0.2, 0.25) is 47.1 Å². The normalized spacial score (nSPS) is 16.8. The number of aliphatic hydroxyl groups is 1. The summed E-state index contributed by atoms with van der Waals surface area (Å²) in [6.45, 7) is 15.3. The van der Waals surface area contributed by atoms with E-state index >= 15 is 0 Å². The highest BCUT2D eigenvalue weighted by Gasteiger charge is 2.44. The molecule has 5 rings (SSSR count). The van der Waals surface area contributed by atoms with Crippen LogP contribution in [0, 0.1) is 23.7 Å². The van der Waals surface area contributed by atoms with Crippen LogP contribution in [0.3, 0.4) is 0 Å². The van der Waals surface area contributed by atoms with E-state index in [0.29, 0.717) is 54.3 Å². The molecule has 10 atom stereocenters. The number of carbonyl (C=O) groups excluding carboxylic acids is 6. The van der Waals surface area contributed by atoms with Gasteiger partial charge in [0.1, 0.15) is 23.5 Å². The van der Waals surface area contributed by atoms with Crippen molar-refractivity contribution in [3.05, 3.63) is 72.6 Å². The number of nitrogens with one attached hydrogen (secondary N) is 3. The molecule has 6 amide bonds. The Balaban J connectivity index is 1.10. The molecule has 0 aliphatic carbocycles. The molecule has 84 heavy (non-hydrogen) atoms. The summed E-state index contributed by atoms with van der Waals surface area (Å²) in [6, 6.07) is 11.4. The maximum Gasteiger partial charge on any atom is 0.357 e. The highest BCUT2D eigenvalue weighted by molar-refractivity contribution is 8.76. The summed E-state index contributed by atoms with van der Waals surface area (Å²) in [5.41, 5.74) is 1.67. The molecule has 1 aliphatic rings. The number of hydrogen-bond acceptors (Lipinski definition) is 18. The number of benzene rings is 1. The van der Waals surface area contributed by atoms with Crippen molar-refractivity contribution in [1.29, 1.82) is 0 Å². The number of hydrogen-bond donors (Lipinski definition) is 6. The van der Waals surface area contributed by atoms with Crippen LogP contribution in [0.1, 0.15) is 106 Å². The van der Waals surface area contributed by atoms with Crippen molar-refractivity contribution >= 4 is 75.6 Å². The number of carbonyl (C=O) groups is 6. The van der Waals surface area contributed by atoms with E-state index in [1.54, 1.807) is 62.0 Å². The van der Waals surface area contributed by atoms with Crippen LogP contribution >= 0.6 is 29.2 Å². The van der Waals surface area contributed by atoms with Crippen LogP contribution in [0.5, 0.6) is 0 Å². The molecular formula is C57H83N12O12PS2. The highest BCUT2D eigenvalue weighted by atomic mass is 33.1. The molecule has 0 saturated carbocycles. The molecule has 4 aromatic rings. The third-order valence-corrected chi connectivity index (χ3v) is 18.5. The fourth-order valence-corrected chi connectivity index (χ4v) is 12.7. The molecular weight excluding hydrogens is 1140 g/mol. The Morgan fingerprint density at radius 1 is 0.774 bits per heavy atom. The summed E-state index contributed by atoms with van der Waals surface area (Å²) in [4.78, 5) is 115. The average molecular weight is 1220 g/mol. The van der Waals surface area contributed by atoms with Gasteiger partial charge in [0.05, 0.1) is 66.0 Å². The molecule has 1 aromatic carbocycles. The van der Waals surface area contributed by atoms with Gasteiger partial charge in [0.25, 0.3) is 0 Å². The number of anilines is 1. The first kappa shape index (κ1) is 68.8. The minimum Gasteiger partial charge on any atom is -0.386 e. The van der Waals surface area contributed by atoms with E-state index in [4.69, 9.17) is 9.47 Å². The molecule has 6 N–H and O–H groups in total. The molecule has 24 nitrogen and oxygen atoms in total. The number of likely N-dealkylation sites (tertiary alicyclic amines) is 1. The highest BCUT2D eigenvalue weighted by Crippen LogP contribution is 2.34. The van der Waals surface area contributed by atoms with Gasteiger partial charge >= 0.3 is 7.60 Å². The first-order valence-electron chi connectivity index (χ1n) is 28.1. The van der Waals surface area contributed by atoms with Gasteiger partial charge in [0, 0.05) is 65.4 Å². The zero-order valence-electron chi connectivity index (χ0n) is 49.9. The Labute approximate surface area is 500 Å². The van der Waals surface area contributed by atoms with E-state index in [1.165, 1.54) is 59.0 Å². The summed E-state index contributed by atoms with van der Waals surface area (Å²) in [6.07, 6.45) is 2.39.